The summed E-state index contributed by atoms with van der Waals surface area (Å²) in [5.41, 5.74) is 9.47. The fourth-order valence-electron chi connectivity index (χ4n) is 2.40. The Labute approximate surface area is 114 Å². The number of nitrogens with zero attached hydrogens (tertiary/aromatic N) is 1. The number of ether oxygens (including phenoxy) is 1. The molecule has 1 aromatic carbocycles. The number of methoxy groups -OCH3 is 1. The minimum Gasteiger partial charge on any atom is -0.379 e. The Morgan fingerprint density at radius 1 is 1.26 bits per heavy atom. The Balaban J connectivity index is 2.32. The van der Waals surface area contributed by atoms with Gasteiger partial charge in [-0.05, 0) is 37.1 Å². The zero-order valence-electron chi connectivity index (χ0n) is 11.9. The van der Waals surface area contributed by atoms with E-state index in [1.54, 1.807) is 7.11 Å². The first-order chi connectivity index (χ1) is 9.15. The van der Waals surface area contributed by atoms with E-state index >= 15 is 0 Å². The Bertz CT molecular complexity index is 553. The fourth-order valence-corrected chi connectivity index (χ4v) is 2.40. The molecule has 3 nitrogen and oxygen atoms in total. The summed E-state index contributed by atoms with van der Waals surface area (Å²) in [6.07, 6.45) is 2.11. The van der Waals surface area contributed by atoms with Gasteiger partial charge in [0, 0.05) is 18.2 Å². The molecule has 0 aliphatic heterocycles. The van der Waals surface area contributed by atoms with Crippen LogP contribution in [0.2, 0.25) is 0 Å². The van der Waals surface area contributed by atoms with Crippen molar-refractivity contribution in [2.24, 2.45) is 5.73 Å². The molecule has 19 heavy (non-hydrogen) atoms. The number of hydrogen-bond acceptors (Lipinski definition) is 3. The largest absolute Gasteiger partial charge is 0.379 e. The van der Waals surface area contributed by atoms with E-state index in [-0.39, 0.29) is 12.1 Å². The van der Waals surface area contributed by atoms with Crippen molar-refractivity contribution in [3.63, 3.8) is 0 Å². The lowest BCUT2D eigenvalue weighted by Gasteiger charge is -2.22. The first kappa shape index (κ1) is 14.0. The van der Waals surface area contributed by atoms with Crippen molar-refractivity contribution in [1.29, 1.82) is 0 Å². The van der Waals surface area contributed by atoms with Crippen LogP contribution in [0.3, 0.4) is 0 Å². The molecular weight excluding hydrogens is 236 g/mol. The van der Waals surface area contributed by atoms with Crippen molar-refractivity contribution in [2.75, 3.05) is 7.11 Å². The Morgan fingerprint density at radius 2 is 2.05 bits per heavy atom. The molecule has 0 radical (unpaired) electrons. The average molecular weight is 258 g/mol. The van der Waals surface area contributed by atoms with Gasteiger partial charge in [-0.1, -0.05) is 25.5 Å². The molecule has 0 amide bonds. The zero-order chi connectivity index (χ0) is 13.8. The minimum absolute atomic E-state index is 0.0702. The van der Waals surface area contributed by atoms with E-state index in [2.05, 4.69) is 30.1 Å². The molecule has 0 fully saturated rings. The van der Waals surface area contributed by atoms with Gasteiger partial charge in [-0.3, -0.25) is 4.98 Å². The lowest BCUT2D eigenvalue weighted by Crippen LogP contribution is -2.27. The van der Waals surface area contributed by atoms with E-state index in [9.17, 15) is 0 Å². The van der Waals surface area contributed by atoms with Crippen molar-refractivity contribution < 1.29 is 4.74 Å². The van der Waals surface area contributed by atoms with Gasteiger partial charge in [-0.2, -0.15) is 0 Å². The summed E-state index contributed by atoms with van der Waals surface area (Å²) < 4.78 is 5.50. The third-order valence-electron chi connectivity index (χ3n) is 3.51. The number of hydrogen-bond donors (Lipinski definition) is 1. The van der Waals surface area contributed by atoms with Crippen LogP contribution in [0.1, 0.15) is 37.1 Å². The Kier molecular flexibility index (Phi) is 4.51. The quantitative estimate of drug-likeness (QED) is 0.894. The molecule has 0 aliphatic rings. The van der Waals surface area contributed by atoms with Crippen LogP contribution in [0, 0.1) is 6.92 Å². The summed E-state index contributed by atoms with van der Waals surface area (Å²) in [5, 5.41) is 1.13. The third-order valence-corrected chi connectivity index (χ3v) is 3.51. The SMILES string of the molecule is CCCC(OC)C(N)c1ccc2nc(C)ccc2c1. The van der Waals surface area contributed by atoms with E-state index < -0.39 is 0 Å². The minimum atomic E-state index is -0.0874. The Morgan fingerprint density at radius 3 is 2.74 bits per heavy atom. The van der Waals surface area contributed by atoms with Gasteiger partial charge in [0.15, 0.2) is 0 Å². The van der Waals surface area contributed by atoms with Gasteiger partial charge in [0.05, 0.1) is 17.7 Å². The second-order valence-electron chi connectivity index (χ2n) is 4.99. The van der Waals surface area contributed by atoms with Gasteiger partial charge in [0.25, 0.3) is 0 Å². The molecule has 2 N–H and O–H groups in total. The average Bonchev–Trinajstić information content (AvgIpc) is 2.43. The van der Waals surface area contributed by atoms with Crippen LogP contribution in [0.5, 0.6) is 0 Å². The van der Waals surface area contributed by atoms with Crippen molar-refractivity contribution in [2.45, 2.75) is 38.8 Å². The van der Waals surface area contributed by atoms with Crippen molar-refractivity contribution >= 4 is 10.9 Å². The van der Waals surface area contributed by atoms with Crippen LogP contribution in [0.25, 0.3) is 10.9 Å². The summed E-state index contributed by atoms with van der Waals surface area (Å²) >= 11 is 0. The van der Waals surface area contributed by atoms with Crippen molar-refractivity contribution in [3.8, 4) is 0 Å². The molecule has 0 spiro atoms. The highest BCUT2D eigenvalue weighted by atomic mass is 16.5. The van der Waals surface area contributed by atoms with E-state index in [0.29, 0.717) is 0 Å². The van der Waals surface area contributed by atoms with Crippen molar-refractivity contribution in [1.82, 2.24) is 4.98 Å². The molecule has 2 atom stereocenters. The van der Waals surface area contributed by atoms with Crippen LogP contribution in [-0.2, 0) is 4.74 Å². The van der Waals surface area contributed by atoms with Crippen molar-refractivity contribution in [3.05, 3.63) is 41.6 Å². The number of pyridine rings is 1. The number of aryl methyl sites for hydroxylation is 1. The molecule has 2 rings (SSSR count). The highest BCUT2D eigenvalue weighted by Gasteiger charge is 2.18. The van der Waals surface area contributed by atoms with Gasteiger partial charge in [-0.15, -0.1) is 0 Å². The molecule has 102 valence electrons. The first-order valence-electron chi connectivity index (χ1n) is 6.81. The third kappa shape index (κ3) is 3.11. The topological polar surface area (TPSA) is 48.1 Å². The number of benzene rings is 1. The summed E-state index contributed by atoms with van der Waals surface area (Å²) in [7, 11) is 1.73. The van der Waals surface area contributed by atoms with E-state index in [1.807, 2.05) is 19.1 Å². The number of fused-ring (bicyclic) bond motifs is 1. The standard InChI is InChI=1S/C16H22N2O/c1-4-5-15(19-3)16(17)13-8-9-14-12(10-13)7-6-11(2)18-14/h6-10,15-16H,4-5,17H2,1-3H3. The lowest BCUT2D eigenvalue weighted by molar-refractivity contribution is 0.0725. The molecule has 3 heteroatoms. The maximum Gasteiger partial charge on any atom is 0.0763 e. The number of rotatable bonds is 5. The van der Waals surface area contributed by atoms with Gasteiger partial charge in [0.1, 0.15) is 0 Å². The van der Waals surface area contributed by atoms with Gasteiger partial charge in [0.2, 0.25) is 0 Å². The van der Waals surface area contributed by atoms with Gasteiger partial charge >= 0.3 is 0 Å². The van der Waals surface area contributed by atoms with Crippen LogP contribution in [0.15, 0.2) is 30.3 Å². The molecule has 1 heterocycles. The fraction of sp³-hybridized carbons (Fsp3) is 0.438. The molecule has 0 bridgehead atoms. The van der Waals surface area contributed by atoms with E-state index in [1.165, 1.54) is 0 Å². The van der Waals surface area contributed by atoms with Crippen LogP contribution in [0.4, 0.5) is 0 Å². The molecule has 0 aliphatic carbocycles. The number of nitrogens with two attached hydrogens (primary N) is 1. The smallest absolute Gasteiger partial charge is 0.0763 e. The maximum atomic E-state index is 6.31. The summed E-state index contributed by atoms with van der Waals surface area (Å²) in [4.78, 5) is 4.51. The normalized spacial score (nSPS) is 14.5. The van der Waals surface area contributed by atoms with Crippen LogP contribution < -0.4 is 5.73 Å². The predicted molar refractivity (Wildman–Crippen MR) is 79.1 cm³/mol. The van der Waals surface area contributed by atoms with E-state index in [4.69, 9.17) is 10.5 Å². The second kappa shape index (κ2) is 6.13. The van der Waals surface area contributed by atoms with Gasteiger partial charge < -0.3 is 10.5 Å². The Hall–Kier alpha value is -1.45. The van der Waals surface area contributed by atoms with E-state index in [0.717, 1.165) is 35.0 Å². The summed E-state index contributed by atoms with van der Waals surface area (Å²) in [6, 6.07) is 10.2. The predicted octanol–water partition coefficient (Wildman–Crippen LogP) is 3.36. The highest BCUT2D eigenvalue weighted by molar-refractivity contribution is 5.79. The monoisotopic (exact) mass is 258 g/mol. The molecule has 2 unspecified atom stereocenters. The second-order valence-corrected chi connectivity index (χ2v) is 4.99. The molecule has 1 aromatic heterocycles. The van der Waals surface area contributed by atoms with Gasteiger partial charge in [-0.25, -0.2) is 0 Å². The van der Waals surface area contributed by atoms with Crippen LogP contribution >= 0.6 is 0 Å². The summed E-state index contributed by atoms with van der Waals surface area (Å²) in [6.45, 7) is 4.15. The molecule has 0 saturated heterocycles. The maximum absolute atomic E-state index is 6.31. The van der Waals surface area contributed by atoms with Crippen LogP contribution in [-0.4, -0.2) is 18.2 Å². The molecule has 2 aromatic rings. The lowest BCUT2D eigenvalue weighted by atomic mass is 9.97. The molecule has 0 saturated carbocycles. The summed E-state index contributed by atoms with van der Waals surface area (Å²) in [5.74, 6) is 0. The molecular formula is C16H22N2O. The number of aromatic nitrogens is 1. The highest BCUT2D eigenvalue weighted by Crippen LogP contribution is 2.23. The zero-order valence-corrected chi connectivity index (χ0v) is 11.9. The first-order valence-corrected chi connectivity index (χ1v) is 6.81.